The van der Waals surface area contributed by atoms with E-state index in [1.807, 2.05) is 0 Å². The van der Waals surface area contributed by atoms with Gasteiger partial charge in [-0.2, -0.15) is 0 Å². The summed E-state index contributed by atoms with van der Waals surface area (Å²) in [6, 6.07) is 0. The minimum absolute atomic E-state index is 0.357. The summed E-state index contributed by atoms with van der Waals surface area (Å²) in [6.07, 6.45) is -0.0788. The first-order chi connectivity index (χ1) is 4.20. The lowest BCUT2D eigenvalue weighted by atomic mass is 10.6. The maximum absolute atomic E-state index is 8.62. The molecule has 0 rings (SSSR count). The van der Waals surface area contributed by atoms with Gasteiger partial charge in [-0.25, -0.2) is 0 Å². The van der Waals surface area contributed by atoms with Gasteiger partial charge in [-0.3, -0.25) is 0 Å². The van der Waals surface area contributed by atoms with Gasteiger partial charge in [0.2, 0.25) is 0 Å². The Morgan fingerprint density at radius 2 is 2.11 bits per heavy atom. The highest BCUT2D eigenvalue weighted by molar-refractivity contribution is 4.83. The van der Waals surface area contributed by atoms with Gasteiger partial charge in [0.15, 0.2) is 6.29 Å². The van der Waals surface area contributed by atoms with Crippen LogP contribution in [0.2, 0.25) is 0 Å². The van der Waals surface area contributed by atoms with Crippen LogP contribution in [0.1, 0.15) is 0 Å². The number of hydrogen-bond acceptors (Lipinski definition) is 4. The Hall–Kier alpha value is -0.740. The van der Waals surface area contributed by atoms with Gasteiger partial charge < -0.3 is 19.7 Å². The largest absolute Gasteiger partial charge is 0.481 e. The zero-order valence-electron chi connectivity index (χ0n) is 5.37. The third-order valence-electron chi connectivity index (χ3n) is 0.736. The van der Waals surface area contributed by atoms with Crippen molar-refractivity contribution in [1.29, 1.82) is 0 Å². The second-order valence-electron chi connectivity index (χ2n) is 1.34. The highest BCUT2D eigenvalue weighted by Gasteiger charge is 1.97. The lowest BCUT2D eigenvalue weighted by Gasteiger charge is -2.01. The Balaban J connectivity index is 3.64. The molecule has 0 radical (unpaired) electrons. The van der Waals surface area contributed by atoms with E-state index in [1.165, 1.54) is 14.2 Å². The average molecular weight is 134 g/mol. The summed E-state index contributed by atoms with van der Waals surface area (Å²) in [4.78, 5) is 0. The highest BCUT2D eigenvalue weighted by Crippen LogP contribution is 1.92. The monoisotopic (exact) mass is 134 g/mol. The van der Waals surface area contributed by atoms with Crippen molar-refractivity contribution >= 4 is 0 Å². The Labute approximate surface area is 53.3 Å². The van der Waals surface area contributed by atoms with Crippen LogP contribution < -0.4 is 0 Å². The van der Waals surface area contributed by atoms with E-state index in [-0.39, 0.29) is 5.95 Å². The van der Waals surface area contributed by atoms with E-state index in [0.717, 1.165) is 6.08 Å². The van der Waals surface area contributed by atoms with Crippen LogP contribution in [-0.4, -0.2) is 30.7 Å². The summed E-state index contributed by atoms with van der Waals surface area (Å²) >= 11 is 0. The van der Waals surface area contributed by atoms with Crippen LogP contribution >= 0.6 is 0 Å². The minimum Gasteiger partial charge on any atom is -0.481 e. The van der Waals surface area contributed by atoms with Crippen LogP contribution in [0.5, 0.6) is 0 Å². The van der Waals surface area contributed by atoms with Crippen LogP contribution in [0.25, 0.3) is 0 Å². The molecule has 4 heteroatoms. The van der Waals surface area contributed by atoms with Crippen LogP contribution in [0.15, 0.2) is 12.0 Å². The number of rotatable bonds is 3. The van der Waals surface area contributed by atoms with Crippen molar-refractivity contribution in [3.63, 3.8) is 0 Å². The minimum atomic E-state index is -1.11. The first-order valence-electron chi connectivity index (χ1n) is 2.36. The number of aliphatic hydroxyl groups excluding tert-OH is 2. The van der Waals surface area contributed by atoms with Gasteiger partial charge in [-0.1, -0.05) is 0 Å². The number of methoxy groups -OCH3 is 2. The maximum atomic E-state index is 8.62. The van der Waals surface area contributed by atoms with E-state index < -0.39 is 6.29 Å². The van der Waals surface area contributed by atoms with Gasteiger partial charge in [0.05, 0.1) is 13.2 Å². The molecular weight excluding hydrogens is 124 g/mol. The van der Waals surface area contributed by atoms with Gasteiger partial charge in [-0.05, 0) is 0 Å². The van der Waals surface area contributed by atoms with Crippen molar-refractivity contribution in [3.05, 3.63) is 12.0 Å². The summed E-state index contributed by atoms with van der Waals surface area (Å²) < 4.78 is 8.66. The van der Waals surface area contributed by atoms with E-state index in [0.29, 0.717) is 0 Å². The van der Waals surface area contributed by atoms with Crippen molar-refractivity contribution in [2.24, 2.45) is 0 Å². The number of hydrogen-bond donors (Lipinski definition) is 2. The molecular formula is C5H10O4. The van der Waals surface area contributed by atoms with Gasteiger partial charge in [0, 0.05) is 7.11 Å². The molecule has 0 spiro atoms. The standard InChI is InChI=1S/C5H10O4/c1-8-4(6)3-5(7)9-2/h3-4,6-7H,1-2H3/b5-3+. The van der Waals surface area contributed by atoms with Crippen LogP contribution in [0, 0.1) is 0 Å². The number of ether oxygens (including phenoxy) is 2. The third-order valence-corrected chi connectivity index (χ3v) is 0.736. The second kappa shape index (κ2) is 4.17. The maximum Gasteiger partial charge on any atom is 0.277 e. The molecule has 0 aromatic carbocycles. The zero-order chi connectivity index (χ0) is 7.28. The molecule has 0 saturated heterocycles. The molecule has 0 bridgehead atoms. The summed E-state index contributed by atoms with van der Waals surface area (Å²) in [6.45, 7) is 0. The molecule has 1 atom stereocenters. The smallest absolute Gasteiger partial charge is 0.277 e. The Bertz CT molecular complexity index is 99.1. The Morgan fingerprint density at radius 1 is 1.56 bits per heavy atom. The summed E-state index contributed by atoms with van der Waals surface area (Å²) in [5.41, 5.74) is 0. The molecule has 0 aliphatic heterocycles. The number of aliphatic hydroxyl groups is 2. The van der Waals surface area contributed by atoms with Crippen LogP contribution in [0.4, 0.5) is 0 Å². The van der Waals surface area contributed by atoms with Crippen LogP contribution in [0.3, 0.4) is 0 Å². The first kappa shape index (κ1) is 8.26. The Morgan fingerprint density at radius 3 is 2.44 bits per heavy atom. The molecule has 0 aromatic rings. The summed E-state index contributed by atoms with van der Waals surface area (Å²) in [7, 11) is 2.60. The molecule has 54 valence electrons. The third kappa shape index (κ3) is 3.81. The van der Waals surface area contributed by atoms with E-state index in [4.69, 9.17) is 10.2 Å². The normalized spacial score (nSPS) is 15.2. The molecule has 1 unspecified atom stereocenters. The fourth-order valence-corrected chi connectivity index (χ4v) is 0.258. The molecule has 0 saturated carbocycles. The predicted molar refractivity (Wildman–Crippen MR) is 30.7 cm³/mol. The quantitative estimate of drug-likeness (QED) is 0.421. The molecule has 2 N–H and O–H groups in total. The lowest BCUT2D eigenvalue weighted by molar-refractivity contribution is -0.0419. The molecule has 9 heavy (non-hydrogen) atoms. The van der Waals surface area contributed by atoms with Crippen molar-refractivity contribution in [2.45, 2.75) is 6.29 Å². The summed E-state index contributed by atoms with van der Waals surface area (Å²) in [5.74, 6) is -0.357. The SMILES string of the molecule is CO/C(O)=C/C(O)OC. The molecule has 0 amide bonds. The molecule has 0 fully saturated rings. The molecule has 0 heterocycles. The van der Waals surface area contributed by atoms with Gasteiger partial charge >= 0.3 is 0 Å². The Kier molecular flexibility index (Phi) is 3.83. The molecule has 0 aliphatic carbocycles. The highest BCUT2D eigenvalue weighted by atomic mass is 16.6. The van der Waals surface area contributed by atoms with Crippen molar-refractivity contribution in [2.75, 3.05) is 14.2 Å². The van der Waals surface area contributed by atoms with Crippen molar-refractivity contribution in [1.82, 2.24) is 0 Å². The van der Waals surface area contributed by atoms with Crippen molar-refractivity contribution < 1.29 is 19.7 Å². The van der Waals surface area contributed by atoms with E-state index in [9.17, 15) is 0 Å². The molecule has 4 nitrogen and oxygen atoms in total. The first-order valence-corrected chi connectivity index (χ1v) is 2.36. The summed E-state index contributed by atoms with van der Waals surface area (Å²) in [5, 5.41) is 17.2. The van der Waals surface area contributed by atoms with Gasteiger partial charge in [-0.15, -0.1) is 0 Å². The second-order valence-corrected chi connectivity index (χ2v) is 1.34. The van der Waals surface area contributed by atoms with E-state index >= 15 is 0 Å². The van der Waals surface area contributed by atoms with Gasteiger partial charge in [0.25, 0.3) is 5.95 Å². The van der Waals surface area contributed by atoms with E-state index in [2.05, 4.69) is 9.47 Å². The van der Waals surface area contributed by atoms with E-state index in [1.54, 1.807) is 0 Å². The molecule has 0 aliphatic rings. The van der Waals surface area contributed by atoms with Crippen LogP contribution in [-0.2, 0) is 9.47 Å². The topological polar surface area (TPSA) is 58.9 Å². The fraction of sp³-hybridized carbons (Fsp3) is 0.600. The lowest BCUT2D eigenvalue weighted by Crippen LogP contribution is -2.05. The van der Waals surface area contributed by atoms with Gasteiger partial charge in [0.1, 0.15) is 0 Å². The van der Waals surface area contributed by atoms with Crippen molar-refractivity contribution in [3.8, 4) is 0 Å². The fourth-order valence-electron chi connectivity index (χ4n) is 0.258. The zero-order valence-corrected chi connectivity index (χ0v) is 5.37. The molecule has 0 aromatic heterocycles. The average Bonchev–Trinajstić information content (AvgIpc) is 1.87. The predicted octanol–water partition coefficient (Wildman–Crippen LogP) is -0.00300.